The molecular formula is C23H29N3O4. The van der Waals surface area contributed by atoms with Crippen molar-refractivity contribution in [1.82, 2.24) is 10.6 Å². The molecule has 0 radical (unpaired) electrons. The third-order valence-corrected chi connectivity index (χ3v) is 4.26. The molecule has 30 heavy (non-hydrogen) atoms. The minimum atomic E-state index is -0.216. The quantitative estimate of drug-likeness (QED) is 0.389. The third kappa shape index (κ3) is 7.25. The molecule has 0 spiro atoms. The highest BCUT2D eigenvalue weighted by Crippen LogP contribution is 2.28. The van der Waals surface area contributed by atoms with Crippen molar-refractivity contribution in [2.24, 2.45) is 5.73 Å². The summed E-state index contributed by atoms with van der Waals surface area (Å²) in [5.74, 6) is 0.934. The van der Waals surface area contributed by atoms with E-state index in [2.05, 4.69) is 10.6 Å². The Kier molecular flexibility index (Phi) is 9.40. The lowest BCUT2D eigenvalue weighted by Gasteiger charge is -2.09. The van der Waals surface area contributed by atoms with Crippen LogP contribution in [0.5, 0.6) is 11.5 Å². The molecule has 0 aliphatic rings. The van der Waals surface area contributed by atoms with Gasteiger partial charge in [0.1, 0.15) is 0 Å². The summed E-state index contributed by atoms with van der Waals surface area (Å²) in [7, 11) is 1.58. The molecule has 0 saturated heterocycles. The second kappa shape index (κ2) is 12.3. The summed E-state index contributed by atoms with van der Waals surface area (Å²) in [6, 6.07) is 12.6. The molecule has 0 fully saturated rings. The Labute approximate surface area is 177 Å². The van der Waals surface area contributed by atoms with Crippen molar-refractivity contribution in [2.45, 2.75) is 19.9 Å². The minimum Gasteiger partial charge on any atom is -0.493 e. The molecule has 0 bridgehead atoms. The van der Waals surface area contributed by atoms with Gasteiger partial charge in [0.2, 0.25) is 5.91 Å². The van der Waals surface area contributed by atoms with Crippen LogP contribution in [0.3, 0.4) is 0 Å². The van der Waals surface area contributed by atoms with Crippen LogP contribution in [0.2, 0.25) is 0 Å². The lowest BCUT2D eigenvalue weighted by atomic mass is 10.1. The van der Waals surface area contributed by atoms with Gasteiger partial charge in [-0.1, -0.05) is 18.2 Å². The van der Waals surface area contributed by atoms with E-state index in [1.165, 1.54) is 6.08 Å². The number of nitrogens with one attached hydrogen (secondary N) is 2. The fraction of sp³-hybridized carbons (Fsp3) is 0.304. The fourth-order valence-corrected chi connectivity index (χ4v) is 2.66. The standard InChI is InChI=1S/C23H29N3O4/c1-3-30-20-11-7-17(15-21(20)29-2)8-12-22(27)26-16-18-5-9-19(10-6-18)23(28)25-14-4-13-24/h5-12,15H,3-4,13-14,16,24H2,1-2H3,(H,25,28)(H,26,27)/b12-8+. The Balaban J connectivity index is 1.86. The molecule has 7 nitrogen and oxygen atoms in total. The van der Waals surface area contributed by atoms with Crippen LogP contribution in [0.15, 0.2) is 48.5 Å². The van der Waals surface area contributed by atoms with Crippen molar-refractivity contribution >= 4 is 17.9 Å². The number of rotatable bonds is 11. The van der Waals surface area contributed by atoms with Crippen molar-refractivity contribution < 1.29 is 19.1 Å². The van der Waals surface area contributed by atoms with Gasteiger partial charge in [0.15, 0.2) is 11.5 Å². The van der Waals surface area contributed by atoms with E-state index < -0.39 is 0 Å². The number of carbonyl (C=O) groups excluding carboxylic acids is 2. The van der Waals surface area contributed by atoms with Crippen molar-refractivity contribution in [3.63, 3.8) is 0 Å². The number of hydrogen-bond acceptors (Lipinski definition) is 5. The Morgan fingerprint density at radius 3 is 2.50 bits per heavy atom. The van der Waals surface area contributed by atoms with Gasteiger partial charge in [-0.05, 0) is 61.4 Å². The van der Waals surface area contributed by atoms with Gasteiger partial charge in [-0.2, -0.15) is 0 Å². The maximum absolute atomic E-state index is 12.1. The summed E-state index contributed by atoms with van der Waals surface area (Å²) >= 11 is 0. The molecule has 2 amide bonds. The molecule has 0 saturated carbocycles. The predicted octanol–water partition coefficient (Wildman–Crippen LogP) is 2.50. The van der Waals surface area contributed by atoms with Gasteiger partial charge in [-0.25, -0.2) is 0 Å². The first-order chi connectivity index (χ1) is 14.6. The van der Waals surface area contributed by atoms with Crippen LogP contribution in [-0.4, -0.2) is 38.6 Å². The van der Waals surface area contributed by atoms with Gasteiger partial charge in [-0.15, -0.1) is 0 Å². The highest BCUT2D eigenvalue weighted by Gasteiger charge is 2.06. The molecular weight excluding hydrogens is 382 g/mol. The molecule has 2 aromatic rings. The van der Waals surface area contributed by atoms with Gasteiger partial charge in [0, 0.05) is 24.7 Å². The smallest absolute Gasteiger partial charge is 0.251 e. The van der Waals surface area contributed by atoms with Crippen LogP contribution >= 0.6 is 0 Å². The first-order valence-electron chi connectivity index (χ1n) is 9.91. The van der Waals surface area contributed by atoms with Crippen LogP contribution in [0.1, 0.15) is 34.8 Å². The third-order valence-electron chi connectivity index (χ3n) is 4.26. The van der Waals surface area contributed by atoms with E-state index in [9.17, 15) is 9.59 Å². The average Bonchev–Trinajstić information content (AvgIpc) is 2.77. The predicted molar refractivity (Wildman–Crippen MR) is 117 cm³/mol. The molecule has 4 N–H and O–H groups in total. The van der Waals surface area contributed by atoms with Crippen LogP contribution in [-0.2, 0) is 11.3 Å². The van der Waals surface area contributed by atoms with E-state index in [1.54, 1.807) is 25.3 Å². The van der Waals surface area contributed by atoms with Gasteiger partial charge in [0.25, 0.3) is 5.91 Å². The molecule has 0 aliphatic carbocycles. The first-order valence-corrected chi connectivity index (χ1v) is 9.91. The van der Waals surface area contributed by atoms with Crippen molar-refractivity contribution in [3.05, 3.63) is 65.2 Å². The van der Waals surface area contributed by atoms with Crippen molar-refractivity contribution in [2.75, 3.05) is 26.8 Å². The van der Waals surface area contributed by atoms with Crippen LogP contribution in [0, 0.1) is 0 Å². The second-order valence-corrected chi connectivity index (χ2v) is 6.49. The molecule has 0 aromatic heterocycles. The Morgan fingerprint density at radius 2 is 1.83 bits per heavy atom. The molecule has 7 heteroatoms. The minimum absolute atomic E-state index is 0.132. The Morgan fingerprint density at radius 1 is 1.07 bits per heavy atom. The van der Waals surface area contributed by atoms with E-state index in [4.69, 9.17) is 15.2 Å². The van der Waals surface area contributed by atoms with E-state index in [-0.39, 0.29) is 11.8 Å². The fourth-order valence-electron chi connectivity index (χ4n) is 2.66. The monoisotopic (exact) mass is 411 g/mol. The van der Waals surface area contributed by atoms with E-state index in [0.717, 1.165) is 17.5 Å². The van der Waals surface area contributed by atoms with E-state index in [1.807, 2.05) is 37.3 Å². The molecule has 160 valence electrons. The van der Waals surface area contributed by atoms with E-state index in [0.29, 0.717) is 43.3 Å². The number of methoxy groups -OCH3 is 1. The van der Waals surface area contributed by atoms with Crippen molar-refractivity contribution in [1.29, 1.82) is 0 Å². The number of hydrogen-bond donors (Lipinski definition) is 3. The molecule has 0 aliphatic heterocycles. The maximum atomic E-state index is 12.1. The Bertz CT molecular complexity index is 863. The lowest BCUT2D eigenvalue weighted by molar-refractivity contribution is -0.116. The summed E-state index contributed by atoms with van der Waals surface area (Å²) in [6.07, 6.45) is 3.92. The zero-order chi connectivity index (χ0) is 21.8. The highest BCUT2D eigenvalue weighted by molar-refractivity contribution is 5.94. The maximum Gasteiger partial charge on any atom is 0.251 e. The van der Waals surface area contributed by atoms with E-state index >= 15 is 0 Å². The zero-order valence-electron chi connectivity index (χ0n) is 17.4. The average molecular weight is 412 g/mol. The number of benzene rings is 2. The van der Waals surface area contributed by atoms with Crippen LogP contribution in [0.25, 0.3) is 6.08 Å². The second-order valence-electron chi connectivity index (χ2n) is 6.49. The number of ether oxygens (including phenoxy) is 2. The topological polar surface area (TPSA) is 103 Å². The molecule has 0 unspecified atom stereocenters. The summed E-state index contributed by atoms with van der Waals surface area (Å²) in [5.41, 5.74) is 7.72. The SMILES string of the molecule is CCOc1ccc(/C=C/C(=O)NCc2ccc(C(=O)NCCCN)cc2)cc1OC. The summed E-state index contributed by atoms with van der Waals surface area (Å²) < 4.78 is 10.8. The Hall–Kier alpha value is -3.32. The summed E-state index contributed by atoms with van der Waals surface area (Å²) in [6.45, 7) is 3.92. The largest absolute Gasteiger partial charge is 0.493 e. The molecule has 2 rings (SSSR count). The summed E-state index contributed by atoms with van der Waals surface area (Å²) in [5, 5.41) is 5.63. The normalized spacial score (nSPS) is 10.6. The molecule has 2 aromatic carbocycles. The lowest BCUT2D eigenvalue weighted by Crippen LogP contribution is -2.26. The highest BCUT2D eigenvalue weighted by atomic mass is 16.5. The molecule has 0 heterocycles. The van der Waals surface area contributed by atoms with Crippen LogP contribution < -0.4 is 25.8 Å². The first kappa shape index (κ1) is 23.0. The summed E-state index contributed by atoms with van der Waals surface area (Å²) in [4.78, 5) is 24.1. The zero-order valence-corrected chi connectivity index (χ0v) is 17.4. The number of amides is 2. The number of nitrogens with two attached hydrogens (primary N) is 1. The van der Waals surface area contributed by atoms with Gasteiger partial charge < -0.3 is 25.8 Å². The molecule has 0 atom stereocenters. The number of carbonyl (C=O) groups is 2. The van der Waals surface area contributed by atoms with Gasteiger partial charge >= 0.3 is 0 Å². The van der Waals surface area contributed by atoms with Gasteiger partial charge in [-0.3, -0.25) is 9.59 Å². The van der Waals surface area contributed by atoms with Crippen LogP contribution in [0.4, 0.5) is 0 Å². The van der Waals surface area contributed by atoms with Crippen molar-refractivity contribution in [3.8, 4) is 11.5 Å². The van der Waals surface area contributed by atoms with Gasteiger partial charge in [0.05, 0.1) is 13.7 Å².